The quantitative estimate of drug-likeness (QED) is 0.0808. The van der Waals surface area contributed by atoms with E-state index >= 15 is 0 Å². The van der Waals surface area contributed by atoms with Crippen molar-refractivity contribution in [2.75, 3.05) is 7.11 Å². The summed E-state index contributed by atoms with van der Waals surface area (Å²) in [5.74, 6) is 2.26. The number of halogens is 1. The third-order valence-electron chi connectivity index (χ3n) is 7.79. The monoisotopic (exact) mass is 581 g/mol. The number of allylic oxidation sites excluding steroid dienone is 4. The molecule has 1 aliphatic rings. The summed E-state index contributed by atoms with van der Waals surface area (Å²) in [6.07, 6.45) is 15.2. The largest absolute Gasteiger partial charge is 0.497 e. The maximum absolute atomic E-state index is 11.4. The van der Waals surface area contributed by atoms with E-state index in [9.17, 15) is 4.79 Å². The number of hydrogen-bond acceptors (Lipinski definition) is 5. The lowest BCUT2D eigenvalue weighted by atomic mass is 10.00. The van der Waals surface area contributed by atoms with Gasteiger partial charge >= 0.3 is 0 Å². The molecule has 7 heteroatoms. The molecule has 0 N–H and O–H groups in total. The summed E-state index contributed by atoms with van der Waals surface area (Å²) in [6.45, 7) is 6.36. The molecule has 0 spiro atoms. The molecule has 4 aromatic rings. The number of aromatic nitrogens is 3. The fraction of sp³-hybridized carbons (Fsp3) is 0.286. The van der Waals surface area contributed by atoms with Gasteiger partial charge in [0.15, 0.2) is 11.9 Å². The van der Waals surface area contributed by atoms with E-state index in [4.69, 9.17) is 26.1 Å². The predicted octanol–water partition coefficient (Wildman–Crippen LogP) is 9.16. The van der Waals surface area contributed by atoms with Crippen molar-refractivity contribution in [3.05, 3.63) is 107 Å². The number of ether oxygens (including phenoxy) is 2. The number of fused-ring (bicyclic) bond motifs is 1. The molecule has 2 aromatic carbocycles. The zero-order valence-electron chi connectivity index (χ0n) is 24.2. The second-order valence-electron chi connectivity index (χ2n) is 10.6. The molecule has 42 heavy (non-hydrogen) atoms. The summed E-state index contributed by atoms with van der Waals surface area (Å²) < 4.78 is 14.0. The van der Waals surface area contributed by atoms with E-state index < -0.39 is 0 Å². The molecule has 2 aromatic heterocycles. The normalized spacial score (nSPS) is 14.9. The number of carbonyl (C=O) groups is 1. The maximum atomic E-state index is 11.4. The Balaban J connectivity index is 1.44. The molecule has 0 unspecified atom stereocenters. The SMILES string of the molecule is C=C/C(=C\C=C(/C)c1nc2cc(C=O)cnc2n1C1CCCCCC1)OCc1cc(OC)ccc1-c1ccc(Cl)cc1. The van der Waals surface area contributed by atoms with Crippen LogP contribution < -0.4 is 4.74 Å². The van der Waals surface area contributed by atoms with E-state index in [1.165, 1.54) is 25.7 Å². The van der Waals surface area contributed by atoms with Gasteiger partial charge in [0.25, 0.3) is 0 Å². The summed E-state index contributed by atoms with van der Waals surface area (Å²) in [7, 11) is 1.65. The Morgan fingerprint density at radius 3 is 2.52 bits per heavy atom. The zero-order chi connectivity index (χ0) is 29.5. The minimum absolute atomic E-state index is 0.323. The highest BCUT2D eigenvalue weighted by Gasteiger charge is 2.22. The summed E-state index contributed by atoms with van der Waals surface area (Å²) >= 11 is 6.12. The first kappa shape index (κ1) is 29.3. The third-order valence-corrected chi connectivity index (χ3v) is 8.04. The van der Waals surface area contributed by atoms with Crippen LogP contribution in [0, 0.1) is 0 Å². The van der Waals surface area contributed by atoms with Crippen molar-refractivity contribution in [3.8, 4) is 16.9 Å². The molecular formula is C35H36ClN3O3. The van der Waals surface area contributed by atoms with Crippen molar-refractivity contribution in [1.29, 1.82) is 0 Å². The van der Waals surface area contributed by atoms with Crippen LogP contribution >= 0.6 is 11.6 Å². The Hall–Kier alpha value is -4.16. The Labute approximate surface area is 252 Å². The average Bonchev–Trinajstić information content (AvgIpc) is 3.19. The average molecular weight is 582 g/mol. The van der Waals surface area contributed by atoms with Crippen LogP contribution in [0.1, 0.15) is 73.2 Å². The van der Waals surface area contributed by atoms with Gasteiger partial charge in [-0.1, -0.05) is 68.1 Å². The first-order valence-corrected chi connectivity index (χ1v) is 14.8. The van der Waals surface area contributed by atoms with Gasteiger partial charge in [0.05, 0.1) is 7.11 Å². The lowest BCUT2D eigenvalue weighted by Gasteiger charge is -2.19. The lowest BCUT2D eigenvalue weighted by molar-refractivity contribution is 0.112. The summed E-state index contributed by atoms with van der Waals surface area (Å²) in [5.41, 5.74) is 6.15. The van der Waals surface area contributed by atoms with Crippen molar-refractivity contribution in [3.63, 3.8) is 0 Å². The number of benzene rings is 2. The smallest absolute Gasteiger partial charge is 0.160 e. The summed E-state index contributed by atoms with van der Waals surface area (Å²) in [4.78, 5) is 21.0. The molecule has 2 heterocycles. The van der Waals surface area contributed by atoms with E-state index in [1.54, 1.807) is 19.4 Å². The first-order valence-electron chi connectivity index (χ1n) is 14.4. The fourth-order valence-corrected chi connectivity index (χ4v) is 5.67. The first-order chi connectivity index (χ1) is 20.5. The molecule has 0 saturated heterocycles. The highest BCUT2D eigenvalue weighted by Crippen LogP contribution is 2.34. The van der Waals surface area contributed by atoms with Crippen LogP contribution in [0.15, 0.2) is 85.3 Å². The second kappa shape index (κ2) is 13.7. The standard InChI is InChI=1S/C35H36ClN3O3/c1-4-30(42-23-27-20-31(41-3)17-18-32(27)26-12-14-28(36)15-13-26)16-11-24(2)34-38-33-19-25(22-40)21-37-35(33)39(34)29-9-7-5-6-8-10-29/h4,11-22,29H,1,5-10,23H2,2-3H3/b24-11+,30-16+. The topological polar surface area (TPSA) is 66.2 Å². The molecule has 0 radical (unpaired) electrons. The van der Waals surface area contributed by atoms with Crippen LogP contribution in [-0.4, -0.2) is 27.9 Å². The molecule has 0 bridgehead atoms. The van der Waals surface area contributed by atoms with Gasteiger partial charge in [-0.25, -0.2) is 9.97 Å². The molecule has 0 amide bonds. The van der Waals surface area contributed by atoms with Gasteiger partial charge in [-0.3, -0.25) is 4.79 Å². The van der Waals surface area contributed by atoms with Gasteiger partial charge in [0, 0.05) is 28.4 Å². The van der Waals surface area contributed by atoms with Crippen LogP contribution in [0.4, 0.5) is 0 Å². The molecule has 5 rings (SSSR count). The minimum atomic E-state index is 0.323. The van der Waals surface area contributed by atoms with E-state index in [0.29, 0.717) is 29.0 Å². The number of hydrogen-bond donors (Lipinski definition) is 0. The Bertz CT molecular complexity index is 1630. The number of pyridine rings is 1. The number of carbonyl (C=O) groups excluding carboxylic acids is 1. The predicted molar refractivity (Wildman–Crippen MR) is 170 cm³/mol. The summed E-state index contributed by atoms with van der Waals surface area (Å²) in [5, 5.41) is 0.691. The Morgan fingerprint density at radius 1 is 1.07 bits per heavy atom. The van der Waals surface area contributed by atoms with Crippen molar-refractivity contribution < 1.29 is 14.3 Å². The zero-order valence-corrected chi connectivity index (χ0v) is 24.9. The van der Waals surface area contributed by atoms with Gasteiger partial charge in [0.2, 0.25) is 0 Å². The van der Waals surface area contributed by atoms with Crippen molar-refractivity contribution >= 4 is 34.6 Å². The molecule has 1 aliphatic carbocycles. The molecule has 1 saturated carbocycles. The van der Waals surface area contributed by atoms with E-state index in [2.05, 4.69) is 16.1 Å². The molecule has 1 fully saturated rings. The Morgan fingerprint density at radius 2 is 1.83 bits per heavy atom. The van der Waals surface area contributed by atoms with Gasteiger partial charge in [-0.2, -0.15) is 0 Å². The van der Waals surface area contributed by atoms with Crippen molar-refractivity contribution in [1.82, 2.24) is 14.5 Å². The number of rotatable bonds is 10. The molecule has 6 nitrogen and oxygen atoms in total. The van der Waals surface area contributed by atoms with Crippen molar-refractivity contribution in [2.24, 2.45) is 0 Å². The van der Waals surface area contributed by atoms with E-state index in [0.717, 1.165) is 64.1 Å². The van der Waals surface area contributed by atoms with Gasteiger partial charge < -0.3 is 14.0 Å². The van der Waals surface area contributed by atoms with Crippen LogP contribution in [0.25, 0.3) is 27.9 Å². The molecule has 216 valence electrons. The van der Waals surface area contributed by atoms with Gasteiger partial charge in [0.1, 0.15) is 29.5 Å². The lowest BCUT2D eigenvalue weighted by Crippen LogP contribution is -2.12. The number of nitrogens with zero attached hydrogens (tertiary/aromatic N) is 3. The fourth-order valence-electron chi connectivity index (χ4n) is 5.55. The van der Waals surface area contributed by atoms with E-state index in [-0.39, 0.29) is 0 Å². The minimum Gasteiger partial charge on any atom is -0.497 e. The van der Waals surface area contributed by atoms with Crippen LogP contribution in [-0.2, 0) is 11.3 Å². The van der Waals surface area contributed by atoms with Gasteiger partial charge in [-0.05, 0) is 78.9 Å². The second-order valence-corrected chi connectivity index (χ2v) is 11.1. The van der Waals surface area contributed by atoms with Crippen LogP contribution in [0.2, 0.25) is 5.02 Å². The molecule has 0 atom stereocenters. The number of methoxy groups -OCH3 is 1. The summed E-state index contributed by atoms with van der Waals surface area (Å²) in [6, 6.07) is 15.9. The number of imidazole rings is 1. The van der Waals surface area contributed by atoms with Crippen LogP contribution in [0.5, 0.6) is 5.75 Å². The highest BCUT2D eigenvalue weighted by molar-refractivity contribution is 6.30. The Kier molecular flexibility index (Phi) is 9.55. The van der Waals surface area contributed by atoms with Gasteiger partial charge in [-0.15, -0.1) is 0 Å². The maximum Gasteiger partial charge on any atom is 0.160 e. The number of aldehydes is 1. The third kappa shape index (κ3) is 6.66. The van der Waals surface area contributed by atoms with E-state index in [1.807, 2.05) is 67.6 Å². The molecular weight excluding hydrogens is 546 g/mol. The van der Waals surface area contributed by atoms with Crippen molar-refractivity contribution in [2.45, 2.75) is 58.1 Å². The molecule has 0 aliphatic heterocycles. The van der Waals surface area contributed by atoms with Crippen LogP contribution in [0.3, 0.4) is 0 Å². The highest BCUT2D eigenvalue weighted by atomic mass is 35.5.